The summed E-state index contributed by atoms with van der Waals surface area (Å²) in [5, 5.41) is 22.6. The number of carbonyl (C=O) groups is 2. The van der Waals surface area contributed by atoms with E-state index in [2.05, 4.69) is 150 Å². The van der Waals surface area contributed by atoms with Crippen LogP contribution < -0.4 is 14.6 Å². The van der Waals surface area contributed by atoms with Crippen LogP contribution in [-0.4, -0.2) is 43.1 Å². The van der Waals surface area contributed by atoms with Crippen LogP contribution in [0.3, 0.4) is 0 Å². The second-order valence-corrected chi connectivity index (χ2v) is 21.6. The third-order valence-electron chi connectivity index (χ3n) is 14.5. The van der Waals surface area contributed by atoms with E-state index in [0.717, 1.165) is 47.4 Å². The number of pyridine rings is 4. The summed E-state index contributed by atoms with van der Waals surface area (Å²) in [4.78, 5) is 42.6. The number of alkyl halides is 3. The van der Waals surface area contributed by atoms with Crippen molar-refractivity contribution in [2.24, 2.45) is 0 Å². The van der Waals surface area contributed by atoms with Gasteiger partial charge in [0.15, 0.2) is 0 Å². The maximum absolute atomic E-state index is 12.9. The Kier molecular flexibility index (Phi) is 22.1. The molecule has 11 rings (SSSR count). The third kappa shape index (κ3) is 15.2. The number of aromatic nitrogens is 6. The van der Waals surface area contributed by atoms with Crippen molar-refractivity contribution in [3.63, 3.8) is 0 Å². The van der Waals surface area contributed by atoms with E-state index < -0.39 is 11.9 Å². The van der Waals surface area contributed by atoms with Gasteiger partial charge in [-0.3, -0.25) is 24.5 Å². The quantitative estimate of drug-likeness (QED) is 0.0145. The number of hydrogen-bond acceptors (Lipinski definition) is 11. The van der Waals surface area contributed by atoms with E-state index in [0.29, 0.717) is 47.2 Å². The predicted octanol–water partition coefficient (Wildman–Crippen LogP) is 17.6. The molecule has 0 spiro atoms. The molecule has 0 amide bonds. The van der Waals surface area contributed by atoms with Crippen molar-refractivity contribution >= 4 is 74.0 Å². The molecule has 17 heteroatoms. The number of halogens is 3. The van der Waals surface area contributed by atoms with Crippen LogP contribution >= 0.6 is 23.6 Å². The summed E-state index contributed by atoms with van der Waals surface area (Å²) in [7, 11) is 0. The van der Waals surface area contributed by atoms with E-state index in [1.54, 1.807) is 48.0 Å². The minimum Gasteiger partial charge on any atom is -0.753 e. The van der Waals surface area contributed by atoms with Gasteiger partial charge in [-0.2, -0.15) is 18.3 Å². The molecule has 6 aromatic heterocycles. The summed E-state index contributed by atoms with van der Waals surface area (Å²) >= 11 is 5.50. The van der Waals surface area contributed by atoms with E-state index in [9.17, 15) is 22.8 Å². The number of benzene rings is 5. The van der Waals surface area contributed by atoms with Crippen LogP contribution in [0.15, 0.2) is 146 Å². The number of nitrogens with zero attached hydrogens (tertiary/aromatic N) is 7. The first-order valence-corrected chi connectivity index (χ1v) is 29.2. The number of aryl methyl sites for hydroxylation is 4. The zero-order chi connectivity index (χ0) is 59.9. The normalized spacial score (nSPS) is 10.9. The molecule has 0 unspecified atom stereocenters. The van der Waals surface area contributed by atoms with E-state index in [1.165, 1.54) is 121 Å². The minimum atomic E-state index is -4.51. The Labute approximate surface area is 519 Å². The molecule has 6 heterocycles. The first-order valence-electron chi connectivity index (χ1n) is 28.0. The molecule has 86 heavy (non-hydrogen) atoms. The van der Waals surface area contributed by atoms with Gasteiger partial charge >= 0.3 is 25.7 Å². The first kappa shape index (κ1) is 63.4. The summed E-state index contributed by atoms with van der Waals surface area (Å²) < 4.78 is 48.9. The molecule has 0 bridgehead atoms. The zero-order valence-corrected chi connectivity index (χ0v) is 51.0. The number of hydrogen-bond donors (Lipinski definition) is 0. The average molecular weight is 1270 g/mol. The zero-order valence-electron chi connectivity index (χ0n) is 47.6. The molecule has 11 aromatic rings. The van der Waals surface area contributed by atoms with Gasteiger partial charge in [-0.25, -0.2) is 4.98 Å². The summed E-state index contributed by atoms with van der Waals surface area (Å²) in [6, 6.07) is 41.0. The number of unbranched alkanes of at least 4 members (excludes halogenated alkanes) is 6. The van der Waals surface area contributed by atoms with E-state index >= 15 is 0 Å². The number of thiocarbonyl (C=S) groups is 1. The fourth-order valence-corrected chi connectivity index (χ4v) is 11.8. The van der Waals surface area contributed by atoms with Crippen molar-refractivity contribution < 1.29 is 51.7 Å². The third-order valence-corrected chi connectivity index (χ3v) is 15.8. The van der Waals surface area contributed by atoms with E-state index in [-0.39, 0.29) is 30.9 Å². The Morgan fingerprint density at radius 3 is 1.91 bits per heavy atom. The van der Waals surface area contributed by atoms with Crippen LogP contribution in [0.25, 0.3) is 93.5 Å². The smallest absolute Gasteiger partial charge is 0.753 e. The first-order chi connectivity index (χ1) is 41.3. The molecular weight excluding hydrogens is 1210 g/mol. The molecular formula is C69H58F3N7O4RuS2. The Morgan fingerprint density at radius 2 is 1.23 bits per heavy atom. The van der Waals surface area contributed by atoms with Crippen molar-refractivity contribution in [1.82, 2.24) is 30.1 Å². The maximum atomic E-state index is 12.9. The Morgan fingerprint density at radius 1 is 0.640 bits per heavy atom. The number of rotatable bonds is 19. The standard InChI is InChI=1S/C43H27N3O4.C25H31F3N3S.CNS.Ru/c1-26-4-3-5-27(2)41(26)35-14-11-31-10-13-34-29(8-9-30-12-15-36(35)43(31)42(30)34)7-6-28-16-18-44-37(20-28)39-22-33(50-25-48)23-40(46-39)38-21-32(49-24-47)17-19-45-38;1-3-5-7-9-11-18-15-20(12-10-8-6-4-2)32-24(18)19-13-14-29-21(16-19)22-17-23(31-30-22)25(26,27)28;2-1-3;/h3-5,8-25H,1-2H3;13-17H,3-12H2,1-2H3;;/q;2*-1;+2. The van der Waals surface area contributed by atoms with Gasteiger partial charge in [-0.1, -0.05) is 143 Å². The molecule has 434 valence electrons. The van der Waals surface area contributed by atoms with Crippen molar-refractivity contribution in [3.8, 4) is 79.1 Å². The van der Waals surface area contributed by atoms with Crippen molar-refractivity contribution in [2.45, 2.75) is 98.1 Å². The number of ether oxygens (including phenoxy) is 2. The van der Waals surface area contributed by atoms with Crippen LogP contribution in [-0.2, 0) is 48.1 Å². The van der Waals surface area contributed by atoms with Crippen LogP contribution in [0.1, 0.15) is 104 Å². The summed E-state index contributed by atoms with van der Waals surface area (Å²) in [5.41, 5.74) is 10.4. The largest absolute Gasteiger partial charge is 2.00 e. The summed E-state index contributed by atoms with van der Waals surface area (Å²) in [6.07, 6.45) is 12.1. The van der Waals surface area contributed by atoms with Gasteiger partial charge in [-0.05, 0) is 154 Å². The van der Waals surface area contributed by atoms with Crippen molar-refractivity contribution in [3.05, 3.63) is 190 Å². The molecule has 0 fully saturated rings. The second-order valence-electron chi connectivity index (χ2n) is 20.3. The van der Waals surface area contributed by atoms with Gasteiger partial charge in [0.1, 0.15) is 17.2 Å². The molecule has 0 aliphatic heterocycles. The van der Waals surface area contributed by atoms with E-state index in [1.807, 2.05) is 24.3 Å². The molecule has 5 aromatic carbocycles. The van der Waals surface area contributed by atoms with Gasteiger partial charge in [-0.15, -0.1) is 11.3 Å². The molecule has 11 nitrogen and oxygen atoms in total. The van der Waals surface area contributed by atoms with E-state index in [4.69, 9.17) is 19.9 Å². The minimum absolute atomic E-state index is 0. The van der Waals surface area contributed by atoms with Crippen molar-refractivity contribution in [2.75, 3.05) is 0 Å². The van der Waals surface area contributed by atoms with Crippen LogP contribution in [0.5, 0.6) is 11.5 Å². The molecule has 0 atom stereocenters. The fourth-order valence-electron chi connectivity index (χ4n) is 10.5. The topological polar surface area (TPSA) is 153 Å². The SMILES string of the molecule is CCCCCCc1cc(CCCCCC)c(-c2ccnc(-c3cc(C(F)(F)F)n[n-]3)c2)s1.Cc1cccc(C)c1-c1ccc2ccc3c(C#Cc4ccnc(-c5cc(OC=O)cc(-c6cc(OC=O)ccn6)n5)c4)ccc4ccc1c2c43.[N-]=C=S.[Ru+2]. The number of thiophene rings is 1. The molecule has 0 aliphatic rings. The predicted molar refractivity (Wildman–Crippen MR) is 336 cm³/mol. The fraction of sp³-hybridized carbons (Fsp3) is 0.217. The van der Waals surface area contributed by atoms with Crippen LogP contribution in [0.4, 0.5) is 13.2 Å². The second kappa shape index (κ2) is 29.9. The molecule has 0 radical (unpaired) electrons. The van der Waals surface area contributed by atoms with Crippen LogP contribution in [0.2, 0.25) is 0 Å². The maximum Gasteiger partial charge on any atom is 2.00 e. The van der Waals surface area contributed by atoms with Gasteiger partial charge < -0.3 is 25.1 Å². The Bertz CT molecular complexity index is 4240. The van der Waals surface area contributed by atoms with Crippen LogP contribution in [0, 0.1) is 25.7 Å². The van der Waals surface area contributed by atoms with Gasteiger partial charge in [0.05, 0.1) is 28.5 Å². The van der Waals surface area contributed by atoms with Gasteiger partial charge in [0.2, 0.25) is 0 Å². The summed E-state index contributed by atoms with van der Waals surface area (Å²) in [6.45, 7) is 9.45. The van der Waals surface area contributed by atoms with Crippen molar-refractivity contribution in [1.29, 1.82) is 0 Å². The molecule has 0 saturated carbocycles. The average Bonchev–Trinajstić information content (AvgIpc) is 1.76. The summed E-state index contributed by atoms with van der Waals surface area (Å²) in [5.74, 6) is 7.33. The number of isothiocyanates is 1. The van der Waals surface area contributed by atoms with Gasteiger partial charge in [0.25, 0.3) is 12.9 Å². The van der Waals surface area contributed by atoms with Gasteiger partial charge in [0, 0.05) is 57.7 Å². The Hall–Kier alpha value is -8.64. The number of carbonyl (C=O) groups excluding carboxylic acids is 2. The molecule has 0 aliphatic carbocycles. The Balaban J connectivity index is 0.000000231. The molecule has 0 saturated heterocycles. The monoisotopic (exact) mass is 1270 g/mol. The molecule has 0 N–H and O–H groups in total.